The fourth-order valence-corrected chi connectivity index (χ4v) is 2.02. The number of hydrogen-bond acceptors (Lipinski definition) is 5. The lowest BCUT2D eigenvalue weighted by Gasteiger charge is -2.05. The van der Waals surface area contributed by atoms with Crippen molar-refractivity contribution in [1.29, 1.82) is 0 Å². The minimum absolute atomic E-state index is 0.254. The van der Waals surface area contributed by atoms with Crippen LogP contribution >= 0.6 is 11.8 Å². The molecule has 5 nitrogen and oxygen atoms in total. The molecule has 0 fully saturated rings. The number of nitrogen functional groups attached to an aromatic ring is 1. The van der Waals surface area contributed by atoms with Crippen molar-refractivity contribution in [2.24, 2.45) is 0 Å². The van der Waals surface area contributed by atoms with Crippen molar-refractivity contribution in [3.63, 3.8) is 0 Å². The van der Waals surface area contributed by atoms with Gasteiger partial charge in [-0.05, 0) is 24.5 Å². The van der Waals surface area contributed by atoms with Gasteiger partial charge in [0.1, 0.15) is 11.6 Å². The summed E-state index contributed by atoms with van der Waals surface area (Å²) in [6.45, 7) is 0.330. The van der Waals surface area contributed by atoms with E-state index in [0.29, 0.717) is 18.1 Å². The maximum absolute atomic E-state index is 11.9. The number of nitrogens with two attached hydrogens (primary N) is 1. The summed E-state index contributed by atoms with van der Waals surface area (Å²) in [5, 5.41) is 2.75. The highest BCUT2D eigenvalue weighted by Crippen LogP contribution is 2.13. The third-order valence-electron chi connectivity index (χ3n) is 2.54. The first-order chi connectivity index (χ1) is 9.20. The number of hydrogen-bond donors (Lipinski definition) is 2. The van der Waals surface area contributed by atoms with E-state index >= 15 is 0 Å². The van der Waals surface area contributed by atoms with Crippen LogP contribution in [-0.4, -0.2) is 17.1 Å². The number of nitrogens with zero attached hydrogens (tertiary/aromatic N) is 1. The molecule has 0 spiro atoms. The zero-order valence-corrected chi connectivity index (χ0v) is 11.4. The van der Waals surface area contributed by atoms with Crippen LogP contribution < -0.4 is 11.1 Å². The van der Waals surface area contributed by atoms with Crippen LogP contribution in [0.2, 0.25) is 0 Å². The Morgan fingerprint density at radius 1 is 1.47 bits per heavy atom. The van der Waals surface area contributed by atoms with Crippen LogP contribution in [0.4, 0.5) is 5.82 Å². The Bertz CT molecular complexity index is 569. The molecule has 0 saturated carbocycles. The first-order valence-electron chi connectivity index (χ1n) is 5.76. The molecular formula is C13H15N3O2S. The lowest BCUT2D eigenvalue weighted by Crippen LogP contribution is -2.23. The molecule has 2 rings (SSSR count). The predicted octanol–water partition coefficient (Wildman–Crippen LogP) is 2.05. The lowest BCUT2D eigenvalue weighted by molar-refractivity contribution is 0.0922. The van der Waals surface area contributed by atoms with Gasteiger partial charge in [0.25, 0.3) is 5.91 Å². The number of nitrogens with one attached hydrogen (secondary N) is 1. The minimum Gasteiger partial charge on any atom is -0.455 e. The molecule has 0 atom stereocenters. The number of furan rings is 1. The molecule has 0 aromatic carbocycles. The highest BCUT2D eigenvalue weighted by molar-refractivity contribution is 7.97. The summed E-state index contributed by atoms with van der Waals surface area (Å²) in [6, 6.07) is 7.09. The van der Waals surface area contributed by atoms with E-state index in [1.54, 1.807) is 30.1 Å². The largest absolute Gasteiger partial charge is 0.455 e. The second kappa shape index (κ2) is 6.29. The van der Waals surface area contributed by atoms with Crippen molar-refractivity contribution in [1.82, 2.24) is 10.3 Å². The van der Waals surface area contributed by atoms with Crippen LogP contribution in [0.5, 0.6) is 0 Å². The normalized spacial score (nSPS) is 10.4. The van der Waals surface area contributed by atoms with Gasteiger partial charge < -0.3 is 15.5 Å². The quantitative estimate of drug-likeness (QED) is 0.874. The van der Waals surface area contributed by atoms with Gasteiger partial charge in [0, 0.05) is 18.3 Å². The van der Waals surface area contributed by atoms with E-state index in [1.807, 2.05) is 18.4 Å². The number of amides is 1. The van der Waals surface area contributed by atoms with Crippen LogP contribution in [0, 0.1) is 0 Å². The fraction of sp³-hybridized carbons (Fsp3) is 0.231. The molecule has 2 aromatic heterocycles. The zero-order chi connectivity index (χ0) is 13.7. The van der Waals surface area contributed by atoms with Crippen molar-refractivity contribution < 1.29 is 9.21 Å². The summed E-state index contributed by atoms with van der Waals surface area (Å²) in [7, 11) is 0. The van der Waals surface area contributed by atoms with Gasteiger partial charge in [-0.15, -0.1) is 0 Å². The van der Waals surface area contributed by atoms with Gasteiger partial charge in [-0.2, -0.15) is 11.8 Å². The summed E-state index contributed by atoms with van der Waals surface area (Å²) in [4.78, 5) is 15.8. The molecule has 100 valence electrons. The Kier molecular flexibility index (Phi) is 4.46. The molecule has 0 aliphatic carbocycles. The summed E-state index contributed by atoms with van der Waals surface area (Å²) < 4.78 is 5.42. The Morgan fingerprint density at radius 3 is 3.05 bits per heavy atom. The molecule has 0 saturated heterocycles. The van der Waals surface area contributed by atoms with E-state index in [-0.39, 0.29) is 5.91 Å². The van der Waals surface area contributed by atoms with E-state index in [2.05, 4.69) is 10.3 Å². The third kappa shape index (κ3) is 3.51. The summed E-state index contributed by atoms with van der Waals surface area (Å²) in [6.07, 6.45) is 3.59. The zero-order valence-electron chi connectivity index (χ0n) is 10.6. The Morgan fingerprint density at radius 2 is 2.32 bits per heavy atom. The number of rotatable bonds is 5. The van der Waals surface area contributed by atoms with Gasteiger partial charge in [0.2, 0.25) is 0 Å². The van der Waals surface area contributed by atoms with Crippen LogP contribution in [0.25, 0.3) is 0 Å². The van der Waals surface area contributed by atoms with Gasteiger partial charge in [-0.3, -0.25) is 4.79 Å². The first kappa shape index (κ1) is 13.5. The minimum atomic E-state index is -0.254. The average molecular weight is 277 g/mol. The summed E-state index contributed by atoms with van der Waals surface area (Å²) in [5.41, 5.74) is 6.48. The maximum atomic E-state index is 11.9. The highest BCUT2D eigenvalue weighted by Gasteiger charge is 2.11. The summed E-state index contributed by atoms with van der Waals surface area (Å²) >= 11 is 1.64. The fourth-order valence-electron chi connectivity index (χ4n) is 1.58. The lowest BCUT2D eigenvalue weighted by atomic mass is 10.2. The van der Waals surface area contributed by atoms with Gasteiger partial charge in [-0.1, -0.05) is 6.07 Å². The van der Waals surface area contributed by atoms with Crippen molar-refractivity contribution in [2.75, 3.05) is 12.0 Å². The standard InChI is InChI=1S/C13H15N3O2S/c1-19-8-10-4-5-11(18-10)13(17)16-7-9-3-2-6-15-12(9)14/h2-6H,7-8H2,1H3,(H2,14,15)(H,16,17). The Balaban J connectivity index is 1.95. The van der Waals surface area contributed by atoms with Crippen molar-refractivity contribution in [3.8, 4) is 0 Å². The molecule has 6 heteroatoms. The van der Waals surface area contributed by atoms with Gasteiger partial charge in [-0.25, -0.2) is 4.98 Å². The van der Waals surface area contributed by atoms with Gasteiger partial charge in [0.05, 0.1) is 5.75 Å². The molecule has 1 amide bonds. The second-order valence-corrected chi connectivity index (χ2v) is 4.80. The average Bonchev–Trinajstić information content (AvgIpc) is 2.87. The molecule has 0 radical (unpaired) electrons. The second-order valence-electron chi connectivity index (χ2n) is 3.93. The highest BCUT2D eigenvalue weighted by atomic mass is 32.2. The molecule has 0 unspecified atom stereocenters. The molecule has 0 bridgehead atoms. The van der Waals surface area contributed by atoms with Crippen molar-refractivity contribution in [3.05, 3.63) is 47.5 Å². The Hall–Kier alpha value is -1.95. The SMILES string of the molecule is CSCc1ccc(C(=O)NCc2cccnc2N)o1. The summed E-state index contributed by atoms with van der Waals surface area (Å²) in [5.74, 6) is 2.02. The van der Waals surface area contributed by atoms with Gasteiger partial charge in [0.15, 0.2) is 5.76 Å². The third-order valence-corrected chi connectivity index (χ3v) is 3.11. The number of thioether (sulfide) groups is 1. The van der Waals surface area contributed by atoms with Crippen LogP contribution in [0.3, 0.4) is 0 Å². The van der Waals surface area contributed by atoms with Crippen LogP contribution in [0.15, 0.2) is 34.9 Å². The van der Waals surface area contributed by atoms with Crippen LogP contribution in [0.1, 0.15) is 21.9 Å². The van der Waals surface area contributed by atoms with E-state index in [9.17, 15) is 4.79 Å². The van der Waals surface area contributed by atoms with Gasteiger partial charge >= 0.3 is 0 Å². The van der Waals surface area contributed by atoms with Crippen molar-refractivity contribution >= 4 is 23.5 Å². The molecular weight excluding hydrogens is 262 g/mol. The predicted molar refractivity (Wildman–Crippen MR) is 75.7 cm³/mol. The van der Waals surface area contributed by atoms with E-state index in [1.165, 1.54) is 0 Å². The molecule has 0 aliphatic rings. The first-order valence-corrected chi connectivity index (χ1v) is 7.15. The van der Waals surface area contributed by atoms with E-state index < -0.39 is 0 Å². The molecule has 2 heterocycles. The molecule has 19 heavy (non-hydrogen) atoms. The number of aromatic nitrogens is 1. The molecule has 0 aliphatic heterocycles. The van der Waals surface area contributed by atoms with Crippen molar-refractivity contribution in [2.45, 2.75) is 12.3 Å². The monoisotopic (exact) mass is 277 g/mol. The Labute approximate surface area is 115 Å². The number of carbonyl (C=O) groups is 1. The van der Waals surface area contributed by atoms with E-state index in [0.717, 1.165) is 17.1 Å². The molecule has 3 N–H and O–H groups in total. The number of pyridine rings is 1. The maximum Gasteiger partial charge on any atom is 0.287 e. The smallest absolute Gasteiger partial charge is 0.287 e. The topological polar surface area (TPSA) is 81.2 Å². The van der Waals surface area contributed by atoms with E-state index in [4.69, 9.17) is 10.2 Å². The molecule has 2 aromatic rings. The number of carbonyl (C=O) groups excluding carboxylic acids is 1. The number of anilines is 1. The van der Waals surface area contributed by atoms with Crippen LogP contribution in [-0.2, 0) is 12.3 Å².